The Balaban J connectivity index is 1.95. The predicted octanol–water partition coefficient (Wildman–Crippen LogP) is 1.50. The highest BCUT2D eigenvalue weighted by atomic mass is 32.2. The fraction of sp³-hybridized carbons (Fsp3) is 0.538. The van der Waals surface area contributed by atoms with Crippen LogP contribution in [0, 0.1) is 5.82 Å². The van der Waals surface area contributed by atoms with Gasteiger partial charge in [-0.2, -0.15) is 4.31 Å². The first-order valence-corrected chi connectivity index (χ1v) is 7.89. The summed E-state index contributed by atoms with van der Waals surface area (Å²) in [6.07, 6.45) is 2.18. The van der Waals surface area contributed by atoms with Gasteiger partial charge in [-0.3, -0.25) is 0 Å². The number of hydrogen-bond donors (Lipinski definition) is 1. The van der Waals surface area contributed by atoms with E-state index in [9.17, 15) is 17.9 Å². The van der Waals surface area contributed by atoms with Gasteiger partial charge in [0.25, 0.3) is 0 Å². The van der Waals surface area contributed by atoms with E-state index in [0.717, 1.165) is 25.0 Å². The van der Waals surface area contributed by atoms with Gasteiger partial charge >= 0.3 is 0 Å². The second-order valence-corrected chi connectivity index (χ2v) is 7.14. The molecule has 2 atom stereocenters. The maximum Gasteiger partial charge on any atom is 0.243 e. The second kappa shape index (κ2) is 4.54. The minimum absolute atomic E-state index is 0.121. The molecule has 2 aliphatic rings. The van der Waals surface area contributed by atoms with Crippen molar-refractivity contribution in [3.05, 3.63) is 30.1 Å². The zero-order chi connectivity index (χ0) is 13.6. The number of aliphatic hydroxyl groups is 1. The highest BCUT2D eigenvalue weighted by Crippen LogP contribution is 2.39. The third-order valence-corrected chi connectivity index (χ3v) is 6.05. The van der Waals surface area contributed by atoms with Gasteiger partial charge in [0, 0.05) is 12.1 Å². The van der Waals surface area contributed by atoms with Crippen LogP contribution < -0.4 is 0 Å². The largest absolute Gasteiger partial charge is 0.393 e. The van der Waals surface area contributed by atoms with Crippen LogP contribution in [0.1, 0.15) is 25.7 Å². The van der Waals surface area contributed by atoms with Gasteiger partial charge in [0.05, 0.1) is 11.0 Å². The quantitative estimate of drug-likeness (QED) is 0.896. The lowest BCUT2D eigenvalue weighted by atomic mass is 10.0. The van der Waals surface area contributed by atoms with Crippen molar-refractivity contribution in [3.63, 3.8) is 0 Å². The number of fused-ring (bicyclic) bond motifs is 2. The van der Waals surface area contributed by atoms with Gasteiger partial charge in [-0.05, 0) is 49.9 Å². The molecule has 19 heavy (non-hydrogen) atoms. The van der Waals surface area contributed by atoms with Crippen LogP contribution in [-0.2, 0) is 10.0 Å². The molecule has 0 spiro atoms. The van der Waals surface area contributed by atoms with Gasteiger partial charge in [-0.1, -0.05) is 0 Å². The van der Waals surface area contributed by atoms with Gasteiger partial charge in [0.1, 0.15) is 5.82 Å². The number of aliphatic hydroxyl groups excluding tert-OH is 1. The smallest absolute Gasteiger partial charge is 0.243 e. The summed E-state index contributed by atoms with van der Waals surface area (Å²) in [4.78, 5) is 0.127. The molecule has 1 aromatic rings. The van der Waals surface area contributed by atoms with Crippen molar-refractivity contribution in [2.75, 3.05) is 0 Å². The molecule has 0 aliphatic carbocycles. The molecular formula is C13H16FNO3S. The number of hydrogen-bond acceptors (Lipinski definition) is 3. The third kappa shape index (κ3) is 2.17. The summed E-state index contributed by atoms with van der Waals surface area (Å²) >= 11 is 0. The van der Waals surface area contributed by atoms with Crippen LogP contribution >= 0.6 is 0 Å². The molecule has 0 radical (unpaired) electrons. The van der Waals surface area contributed by atoms with E-state index in [1.807, 2.05) is 0 Å². The lowest BCUT2D eigenvalue weighted by Gasteiger charge is -2.36. The lowest BCUT2D eigenvalue weighted by molar-refractivity contribution is 0.0769. The SMILES string of the molecule is O=S(=O)(c1ccc(F)cc1)N1C2CCC1CC(O)C2. The van der Waals surface area contributed by atoms with Crippen molar-refractivity contribution in [2.45, 2.75) is 48.8 Å². The van der Waals surface area contributed by atoms with Crippen LogP contribution in [-0.4, -0.2) is 36.0 Å². The molecule has 104 valence electrons. The summed E-state index contributed by atoms with van der Waals surface area (Å²) in [5.74, 6) is -0.448. The monoisotopic (exact) mass is 285 g/mol. The van der Waals surface area contributed by atoms with E-state index >= 15 is 0 Å². The zero-order valence-corrected chi connectivity index (χ0v) is 11.2. The van der Waals surface area contributed by atoms with E-state index in [1.165, 1.54) is 16.4 Å². The van der Waals surface area contributed by atoms with Crippen LogP contribution in [0.15, 0.2) is 29.2 Å². The Morgan fingerprint density at radius 2 is 1.63 bits per heavy atom. The number of rotatable bonds is 2. The summed E-state index contributed by atoms with van der Waals surface area (Å²) in [5.41, 5.74) is 0. The Morgan fingerprint density at radius 1 is 1.11 bits per heavy atom. The average molecular weight is 285 g/mol. The minimum Gasteiger partial charge on any atom is -0.393 e. The summed E-state index contributed by atoms with van der Waals surface area (Å²) < 4.78 is 39.6. The fourth-order valence-electron chi connectivity index (χ4n) is 3.23. The Labute approximate surface area is 111 Å². The molecule has 0 amide bonds. The van der Waals surface area contributed by atoms with Crippen LogP contribution in [0.2, 0.25) is 0 Å². The van der Waals surface area contributed by atoms with E-state index in [4.69, 9.17) is 0 Å². The number of halogens is 1. The first kappa shape index (κ1) is 13.0. The third-order valence-electron chi connectivity index (χ3n) is 4.03. The molecule has 3 rings (SSSR count). The van der Waals surface area contributed by atoms with Crippen LogP contribution in [0.25, 0.3) is 0 Å². The zero-order valence-electron chi connectivity index (χ0n) is 10.4. The van der Waals surface area contributed by atoms with Gasteiger partial charge in [-0.25, -0.2) is 12.8 Å². The molecular weight excluding hydrogens is 269 g/mol. The molecule has 2 bridgehead atoms. The average Bonchev–Trinajstić information content (AvgIpc) is 2.64. The van der Waals surface area contributed by atoms with Crippen molar-refractivity contribution in [1.82, 2.24) is 4.31 Å². The normalized spacial score (nSPS) is 31.6. The van der Waals surface area contributed by atoms with E-state index in [1.54, 1.807) is 0 Å². The maximum absolute atomic E-state index is 12.9. The first-order chi connectivity index (χ1) is 8.98. The number of benzene rings is 1. The van der Waals surface area contributed by atoms with E-state index in [2.05, 4.69) is 0 Å². The predicted molar refractivity (Wildman–Crippen MR) is 67.5 cm³/mol. The fourth-order valence-corrected chi connectivity index (χ4v) is 5.12. The Kier molecular flexibility index (Phi) is 3.11. The Bertz CT molecular complexity index is 558. The molecule has 2 unspecified atom stereocenters. The molecule has 2 saturated heterocycles. The summed E-state index contributed by atoms with van der Waals surface area (Å²) in [6, 6.07) is 4.68. The van der Waals surface area contributed by atoms with Crippen molar-refractivity contribution in [3.8, 4) is 0 Å². The standard InChI is InChI=1S/C13H16FNO3S/c14-9-1-5-13(6-2-9)19(17,18)15-10-3-4-11(15)8-12(16)7-10/h1-2,5-6,10-12,16H,3-4,7-8H2. The highest BCUT2D eigenvalue weighted by molar-refractivity contribution is 7.89. The summed E-state index contributed by atoms with van der Waals surface area (Å²) in [5, 5.41) is 9.71. The molecule has 6 heteroatoms. The molecule has 1 N–H and O–H groups in total. The lowest BCUT2D eigenvalue weighted by Crippen LogP contribution is -2.47. The number of sulfonamides is 1. The molecule has 0 aromatic heterocycles. The van der Waals surface area contributed by atoms with Crippen molar-refractivity contribution in [2.24, 2.45) is 0 Å². The molecule has 1 aromatic carbocycles. The Morgan fingerprint density at radius 3 is 2.16 bits per heavy atom. The first-order valence-electron chi connectivity index (χ1n) is 6.45. The van der Waals surface area contributed by atoms with Crippen LogP contribution in [0.3, 0.4) is 0 Å². The van der Waals surface area contributed by atoms with Crippen molar-refractivity contribution < 1.29 is 17.9 Å². The van der Waals surface area contributed by atoms with Gasteiger partial charge < -0.3 is 5.11 Å². The topological polar surface area (TPSA) is 57.6 Å². The highest BCUT2D eigenvalue weighted by Gasteiger charge is 2.46. The van der Waals surface area contributed by atoms with E-state index in [-0.39, 0.29) is 17.0 Å². The molecule has 2 aliphatic heterocycles. The van der Waals surface area contributed by atoms with Gasteiger partial charge in [0.2, 0.25) is 10.0 Å². The maximum atomic E-state index is 12.9. The summed E-state index contributed by atoms with van der Waals surface area (Å²) in [6.45, 7) is 0. The second-order valence-electron chi connectivity index (χ2n) is 5.30. The van der Waals surface area contributed by atoms with Crippen molar-refractivity contribution >= 4 is 10.0 Å². The molecule has 2 fully saturated rings. The number of piperidine rings is 1. The number of nitrogens with zero attached hydrogens (tertiary/aromatic N) is 1. The minimum atomic E-state index is -3.58. The Hall–Kier alpha value is -0.980. The van der Waals surface area contributed by atoms with Crippen LogP contribution in [0.4, 0.5) is 4.39 Å². The molecule has 0 saturated carbocycles. The van der Waals surface area contributed by atoms with E-state index in [0.29, 0.717) is 12.8 Å². The van der Waals surface area contributed by atoms with E-state index < -0.39 is 21.9 Å². The molecule has 2 heterocycles. The van der Waals surface area contributed by atoms with Crippen LogP contribution in [0.5, 0.6) is 0 Å². The van der Waals surface area contributed by atoms with Gasteiger partial charge in [-0.15, -0.1) is 0 Å². The molecule has 4 nitrogen and oxygen atoms in total. The summed E-state index contributed by atoms with van der Waals surface area (Å²) in [7, 11) is -3.58. The van der Waals surface area contributed by atoms with Crippen molar-refractivity contribution in [1.29, 1.82) is 0 Å². The van der Waals surface area contributed by atoms with Gasteiger partial charge in [0.15, 0.2) is 0 Å².